The van der Waals surface area contributed by atoms with Crippen LogP contribution in [0, 0.1) is 0 Å². The zero-order valence-electron chi connectivity index (χ0n) is 38.9. The minimum atomic E-state index is -4.36. The summed E-state index contributed by atoms with van der Waals surface area (Å²) in [5.74, 6) is -0.812. The molecule has 0 rings (SSSR count). The molecule has 0 fully saturated rings. The van der Waals surface area contributed by atoms with E-state index in [0.717, 1.165) is 57.8 Å². The highest BCUT2D eigenvalue weighted by atomic mass is 31.2. The van der Waals surface area contributed by atoms with E-state index in [4.69, 9.17) is 18.5 Å². The Morgan fingerprint density at radius 3 is 1.32 bits per heavy atom. The third kappa shape index (κ3) is 45.5. The summed E-state index contributed by atoms with van der Waals surface area (Å²) < 4.78 is 33.3. The van der Waals surface area contributed by atoms with Crippen LogP contribution in [0.5, 0.6) is 0 Å². The predicted molar refractivity (Wildman–Crippen MR) is 252 cm³/mol. The van der Waals surface area contributed by atoms with E-state index in [1.54, 1.807) is 7.05 Å². The van der Waals surface area contributed by atoms with Crippen molar-refractivity contribution in [3.8, 4) is 0 Å². The van der Waals surface area contributed by atoms with E-state index in [1.807, 2.05) is 0 Å². The summed E-state index contributed by atoms with van der Waals surface area (Å²) in [5.41, 5.74) is 0. The number of carbonyl (C=O) groups is 2. The fraction of sp³-hybridized carbons (Fsp3) is 0.800. The van der Waals surface area contributed by atoms with E-state index < -0.39 is 26.5 Å². The zero-order valence-corrected chi connectivity index (χ0v) is 39.8. The van der Waals surface area contributed by atoms with Crippen LogP contribution in [0.25, 0.3) is 0 Å². The Morgan fingerprint density at radius 1 is 0.517 bits per heavy atom. The van der Waals surface area contributed by atoms with Gasteiger partial charge in [0.25, 0.3) is 0 Å². The molecular formula is C50H92NO8P. The molecule has 9 nitrogen and oxygen atoms in total. The topological polar surface area (TPSA) is 120 Å². The van der Waals surface area contributed by atoms with Gasteiger partial charge in [-0.2, -0.15) is 0 Å². The molecule has 0 aliphatic carbocycles. The second-order valence-corrected chi connectivity index (χ2v) is 17.7. The molecule has 0 aromatic carbocycles. The average molecular weight is 866 g/mol. The highest BCUT2D eigenvalue weighted by molar-refractivity contribution is 7.47. The quantitative estimate of drug-likeness (QED) is 0.0267. The van der Waals surface area contributed by atoms with Gasteiger partial charge < -0.3 is 19.7 Å². The number of likely N-dealkylation sites (N-methyl/N-ethyl adjacent to an activating group) is 1. The average Bonchev–Trinajstić information content (AvgIpc) is 3.23. The molecule has 0 amide bonds. The molecule has 0 aromatic rings. The maximum atomic E-state index is 12.7. The molecule has 60 heavy (non-hydrogen) atoms. The standard InChI is InChI=1S/C50H92NO8P/c1-4-6-8-10-12-14-16-18-20-22-24-26-28-30-32-34-36-38-40-42-49(52)56-46-48(47-58-60(54,55)57-45-44-51-3)59-50(53)43-41-39-37-35-33-31-29-27-25-23-21-19-17-15-13-11-9-7-5-2/h12-15,18-21,48,51H,4-11,16-17,22-47H2,1-3H3,(H,54,55)/b14-12-,15-13-,20-18-,21-19-. The second-order valence-electron chi connectivity index (χ2n) is 16.3. The van der Waals surface area contributed by atoms with Crippen LogP contribution in [-0.2, 0) is 32.7 Å². The van der Waals surface area contributed by atoms with Crippen LogP contribution in [0.2, 0.25) is 0 Å². The molecular weight excluding hydrogens is 774 g/mol. The van der Waals surface area contributed by atoms with Crippen molar-refractivity contribution in [1.29, 1.82) is 0 Å². The number of hydrogen-bond donors (Lipinski definition) is 2. The Balaban J connectivity index is 4.15. The number of unbranched alkanes of at least 4 members (excludes halogenated alkanes) is 24. The second kappa shape index (κ2) is 46.5. The van der Waals surface area contributed by atoms with Gasteiger partial charge in [0.05, 0.1) is 13.2 Å². The minimum absolute atomic E-state index is 0.0194. The molecule has 0 aliphatic rings. The summed E-state index contributed by atoms with van der Waals surface area (Å²) >= 11 is 0. The van der Waals surface area contributed by atoms with E-state index in [2.05, 4.69) is 67.8 Å². The van der Waals surface area contributed by atoms with Crippen molar-refractivity contribution in [3.05, 3.63) is 48.6 Å². The third-order valence-electron chi connectivity index (χ3n) is 10.4. The maximum Gasteiger partial charge on any atom is 0.472 e. The number of phosphoric acid groups is 1. The van der Waals surface area contributed by atoms with E-state index in [-0.39, 0.29) is 32.0 Å². The van der Waals surface area contributed by atoms with Crippen LogP contribution in [-0.4, -0.2) is 56.3 Å². The van der Waals surface area contributed by atoms with Gasteiger partial charge in [0.2, 0.25) is 0 Å². The van der Waals surface area contributed by atoms with E-state index >= 15 is 0 Å². The summed E-state index contributed by atoms with van der Waals surface area (Å²) in [4.78, 5) is 35.2. The van der Waals surface area contributed by atoms with Crippen molar-refractivity contribution in [1.82, 2.24) is 5.32 Å². The predicted octanol–water partition coefficient (Wildman–Crippen LogP) is 14.5. The van der Waals surface area contributed by atoms with Crippen LogP contribution >= 0.6 is 7.82 Å². The number of phosphoric ester groups is 1. The summed E-state index contributed by atoms with van der Waals surface area (Å²) in [6.45, 7) is 4.19. The van der Waals surface area contributed by atoms with Crippen molar-refractivity contribution in [2.24, 2.45) is 0 Å². The van der Waals surface area contributed by atoms with Crippen molar-refractivity contribution in [3.63, 3.8) is 0 Å². The van der Waals surface area contributed by atoms with Gasteiger partial charge in [-0.15, -0.1) is 0 Å². The molecule has 0 saturated heterocycles. The first kappa shape index (κ1) is 58.0. The van der Waals surface area contributed by atoms with E-state index in [0.29, 0.717) is 13.0 Å². The molecule has 0 bridgehead atoms. The van der Waals surface area contributed by atoms with Crippen LogP contribution < -0.4 is 5.32 Å². The number of rotatable bonds is 46. The number of nitrogens with one attached hydrogen (secondary N) is 1. The number of ether oxygens (including phenoxy) is 2. The van der Waals surface area contributed by atoms with Gasteiger partial charge >= 0.3 is 19.8 Å². The first-order chi connectivity index (χ1) is 29.3. The van der Waals surface area contributed by atoms with Crippen molar-refractivity contribution in [2.75, 3.05) is 33.4 Å². The summed E-state index contributed by atoms with van der Waals surface area (Å²) in [6.07, 6.45) is 52.9. The Kier molecular flexibility index (Phi) is 44.9. The molecule has 10 heteroatoms. The largest absolute Gasteiger partial charge is 0.472 e. The molecule has 2 atom stereocenters. The van der Waals surface area contributed by atoms with Gasteiger partial charge in [0, 0.05) is 19.4 Å². The van der Waals surface area contributed by atoms with Gasteiger partial charge in [-0.1, -0.05) is 178 Å². The van der Waals surface area contributed by atoms with E-state index in [1.165, 1.54) is 128 Å². The fourth-order valence-electron chi connectivity index (χ4n) is 6.67. The monoisotopic (exact) mass is 866 g/mol. The van der Waals surface area contributed by atoms with Crippen molar-refractivity contribution in [2.45, 2.75) is 225 Å². The van der Waals surface area contributed by atoms with E-state index in [9.17, 15) is 19.0 Å². The molecule has 0 aromatic heterocycles. The number of allylic oxidation sites excluding steroid dienone is 8. The Morgan fingerprint density at radius 2 is 0.900 bits per heavy atom. The third-order valence-corrected chi connectivity index (χ3v) is 11.4. The van der Waals surface area contributed by atoms with Gasteiger partial charge in [-0.05, 0) is 84.1 Å². The molecule has 0 radical (unpaired) electrons. The molecule has 0 heterocycles. The van der Waals surface area contributed by atoms with Gasteiger partial charge in [-0.25, -0.2) is 4.57 Å². The molecule has 2 N–H and O–H groups in total. The number of hydrogen-bond acceptors (Lipinski definition) is 8. The van der Waals surface area contributed by atoms with Crippen LogP contribution in [0.15, 0.2) is 48.6 Å². The number of esters is 2. The highest BCUT2D eigenvalue weighted by Crippen LogP contribution is 2.43. The van der Waals surface area contributed by atoms with Gasteiger partial charge in [0.1, 0.15) is 6.61 Å². The molecule has 350 valence electrons. The van der Waals surface area contributed by atoms with Gasteiger partial charge in [0.15, 0.2) is 6.10 Å². The lowest BCUT2D eigenvalue weighted by Gasteiger charge is -2.20. The van der Waals surface area contributed by atoms with Gasteiger partial charge in [-0.3, -0.25) is 18.6 Å². The Bertz CT molecular complexity index is 1120. The maximum absolute atomic E-state index is 12.7. The molecule has 0 aliphatic heterocycles. The number of carbonyl (C=O) groups excluding carboxylic acids is 2. The Labute approximate surface area is 369 Å². The fourth-order valence-corrected chi connectivity index (χ4v) is 7.42. The molecule has 2 unspecified atom stereocenters. The molecule has 0 spiro atoms. The first-order valence-electron chi connectivity index (χ1n) is 24.6. The molecule has 0 saturated carbocycles. The summed E-state index contributed by atoms with van der Waals surface area (Å²) in [6, 6.07) is 0. The normalized spacial score (nSPS) is 13.6. The van der Waals surface area contributed by atoms with Crippen LogP contribution in [0.3, 0.4) is 0 Å². The first-order valence-corrected chi connectivity index (χ1v) is 26.1. The van der Waals surface area contributed by atoms with Crippen LogP contribution in [0.1, 0.15) is 219 Å². The zero-order chi connectivity index (χ0) is 43.9. The lowest BCUT2D eigenvalue weighted by Crippen LogP contribution is -2.29. The smallest absolute Gasteiger partial charge is 0.462 e. The summed E-state index contributed by atoms with van der Waals surface area (Å²) in [7, 11) is -2.66. The lowest BCUT2D eigenvalue weighted by atomic mass is 10.1. The van der Waals surface area contributed by atoms with Crippen molar-refractivity contribution < 1.29 is 37.6 Å². The lowest BCUT2D eigenvalue weighted by molar-refractivity contribution is -0.161. The highest BCUT2D eigenvalue weighted by Gasteiger charge is 2.26. The minimum Gasteiger partial charge on any atom is -0.462 e. The van der Waals surface area contributed by atoms with Crippen LogP contribution in [0.4, 0.5) is 0 Å². The Hall–Kier alpha value is -2.03. The van der Waals surface area contributed by atoms with Crippen molar-refractivity contribution >= 4 is 19.8 Å². The summed E-state index contributed by atoms with van der Waals surface area (Å²) in [5, 5.41) is 2.83. The SMILES string of the molecule is CCCCC/C=C\C/C=C\CCCCCCCCCCCC(=O)OCC(COP(=O)(O)OCCNC)OC(=O)CCCCCCCCCCC/C=C\C/C=C\CCCCC.